The SMILES string of the molecule is O=C1N[C@@H](c2ccc3ccc4cccc5ccc2c3c45)CO1. The number of hydrogen-bond donors (Lipinski definition) is 1. The standard InChI is InChI=1S/C19H13NO2/c21-19-20-16(10-22-19)14-8-6-13-5-4-11-2-1-3-12-7-9-15(14)18(13)17(11)12/h1-9,16H,10H2,(H,20,21)/t16-/m1/s1. The summed E-state index contributed by atoms with van der Waals surface area (Å²) in [6.45, 7) is 0.392. The first-order valence-electron chi connectivity index (χ1n) is 7.41. The molecule has 4 aromatic carbocycles. The normalized spacial score (nSPS) is 18.2. The number of ether oxygens (including phenoxy) is 1. The molecule has 0 bridgehead atoms. The van der Waals surface area contributed by atoms with E-state index >= 15 is 0 Å². The number of carbonyl (C=O) groups excluding carboxylic acids is 1. The predicted octanol–water partition coefficient (Wildman–Crippen LogP) is 4.36. The average molecular weight is 287 g/mol. The molecule has 0 aromatic heterocycles. The van der Waals surface area contributed by atoms with Gasteiger partial charge in [0.25, 0.3) is 0 Å². The first-order chi connectivity index (χ1) is 10.8. The molecule has 1 aliphatic rings. The van der Waals surface area contributed by atoms with Crippen LogP contribution in [0.3, 0.4) is 0 Å². The Kier molecular flexibility index (Phi) is 2.20. The Hall–Kier alpha value is -2.81. The van der Waals surface area contributed by atoms with Crippen molar-refractivity contribution in [1.82, 2.24) is 5.32 Å². The van der Waals surface area contributed by atoms with Gasteiger partial charge in [-0.1, -0.05) is 54.6 Å². The Morgan fingerprint density at radius 1 is 0.864 bits per heavy atom. The van der Waals surface area contributed by atoms with Crippen molar-refractivity contribution in [3.05, 3.63) is 60.2 Å². The van der Waals surface area contributed by atoms with Gasteiger partial charge < -0.3 is 10.1 Å². The van der Waals surface area contributed by atoms with Crippen molar-refractivity contribution in [3.63, 3.8) is 0 Å². The first-order valence-corrected chi connectivity index (χ1v) is 7.41. The largest absolute Gasteiger partial charge is 0.447 e. The number of amides is 1. The van der Waals surface area contributed by atoms with Crippen LogP contribution < -0.4 is 5.32 Å². The van der Waals surface area contributed by atoms with Gasteiger partial charge in [-0.2, -0.15) is 0 Å². The zero-order valence-electron chi connectivity index (χ0n) is 11.8. The molecule has 3 heteroatoms. The highest BCUT2D eigenvalue weighted by atomic mass is 16.6. The van der Waals surface area contributed by atoms with Crippen LogP contribution in [-0.4, -0.2) is 12.7 Å². The quantitative estimate of drug-likeness (QED) is 0.528. The van der Waals surface area contributed by atoms with E-state index in [0.717, 1.165) is 5.56 Å². The van der Waals surface area contributed by atoms with Gasteiger partial charge in [-0.15, -0.1) is 0 Å². The lowest BCUT2D eigenvalue weighted by atomic mass is 9.90. The summed E-state index contributed by atoms with van der Waals surface area (Å²) in [4.78, 5) is 11.4. The maximum atomic E-state index is 11.4. The van der Waals surface area contributed by atoms with Crippen LogP contribution in [0.1, 0.15) is 11.6 Å². The Labute approximate surface area is 126 Å². The van der Waals surface area contributed by atoms with E-state index in [4.69, 9.17) is 4.74 Å². The molecule has 1 heterocycles. The Bertz CT molecular complexity index is 1020. The van der Waals surface area contributed by atoms with Crippen molar-refractivity contribution in [1.29, 1.82) is 0 Å². The monoisotopic (exact) mass is 287 g/mol. The van der Waals surface area contributed by atoms with E-state index in [1.165, 1.54) is 32.3 Å². The molecule has 3 nitrogen and oxygen atoms in total. The van der Waals surface area contributed by atoms with Crippen molar-refractivity contribution in [2.45, 2.75) is 6.04 Å². The predicted molar refractivity (Wildman–Crippen MR) is 87.4 cm³/mol. The third-order valence-electron chi connectivity index (χ3n) is 4.61. The Morgan fingerprint density at radius 2 is 1.55 bits per heavy atom. The Balaban J connectivity index is 1.91. The highest BCUT2D eigenvalue weighted by Gasteiger charge is 2.25. The number of carbonyl (C=O) groups is 1. The summed E-state index contributed by atoms with van der Waals surface area (Å²) in [6.07, 6.45) is -0.337. The van der Waals surface area contributed by atoms with Crippen LogP contribution in [-0.2, 0) is 4.74 Å². The van der Waals surface area contributed by atoms with Gasteiger partial charge in [0.2, 0.25) is 0 Å². The fourth-order valence-corrected chi connectivity index (χ4v) is 3.61. The third kappa shape index (κ3) is 1.48. The number of nitrogens with one attached hydrogen (secondary N) is 1. The molecule has 1 aliphatic heterocycles. The van der Waals surface area contributed by atoms with Crippen molar-refractivity contribution >= 4 is 38.4 Å². The summed E-state index contributed by atoms with van der Waals surface area (Å²) in [7, 11) is 0. The van der Waals surface area contributed by atoms with E-state index < -0.39 is 0 Å². The van der Waals surface area contributed by atoms with Crippen LogP contribution >= 0.6 is 0 Å². The molecule has 4 aromatic rings. The highest BCUT2D eigenvalue weighted by Crippen LogP contribution is 2.37. The molecular formula is C19H13NO2. The smallest absolute Gasteiger partial charge is 0.407 e. The van der Waals surface area contributed by atoms with Crippen LogP contribution in [0.4, 0.5) is 4.79 Å². The van der Waals surface area contributed by atoms with Crippen LogP contribution in [0.15, 0.2) is 54.6 Å². The zero-order valence-corrected chi connectivity index (χ0v) is 11.8. The fourth-order valence-electron chi connectivity index (χ4n) is 3.61. The average Bonchev–Trinajstić information content (AvgIpc) is 2.99. The van der Waals surface area contributed by atoms with E-state index in [1.54, 1.807) is 0 Å². The molecule has 0 radical (unpaired) electrons. The maximum absolute atomic E-state index is 11.4. The highest BCUT2D eigenvalue weighted by molar-refractivity contribution is 6.23. The summed E-state index contributed by atoms with van der Waals surface area (Å²) < 4.78 is 5.06. The van der Waals surface area contributed by atoms with E-state index in [1.807, 2.05) is 0 Å². The lowest BCUT2D eigenvalue weighted by Gasteiger charge is -2.16. The summed E-state index contributed by atoms with van der Waals surface area (Å²) in [5.74, 6) is 0. The van der Waals surface area contributed by atoms with Gasteiger partial charge in [0.15, 0.2) is 0 Å². The van der Waals surface area contributed by atoms with Crippen molar-refractivity contribution in [2.75, 3.05) is 6.61 Å². The first kappa shape index (κ1) is 11.8. The topological polar surface area (TPSA) is 38.3 Å². The second kappa shape index (κ2) is 4.10. The fraction of sp³-hybridized carbons (Fsp3) is 0.105. The molecule has 0 saturated carbocycles. The third-order valence-corrected chi connectivity index (χ3v) is 4.61. The molecule has 1 saturated heterocycles. The number of rotatable bonds is 1. The van der Waals surface area contributed by atoms with Crippen LogP contribution in [0.2, 0.25) is 0 Å². The molecule has 0 spiro atoms. The van der Waals surface area contributed by atoms with Crippen LogP contribution in [0.5, 0.6) is 0 Å². The molecule has 1 fully saturated rings. The molecule has 0 aliphatic carbocycles. The molecule has 22 heavy (non-hydrogen) atoms. The molecule has 106 valence electrons. The van der Waals surface area contributed by atoms with Gasteiger partial charge in [-0.3, -0.25) is 0 Å². The van der Waals surface area contributed by atoms with Crippen LogP contribution in [0.25, 0.3) is 32.3 Å². The lowest BCUT2D eigenvalue weighted by molar-refractivity contribution is 0.177. The molecule has 1 amide bonds. The number of cyclic esters (lactones) is 1. The summed E-state index contributed by atoms with van der Waals surface area (Å²) >= 11 is 0. The molecular weight excluding hydrogens is 274 g/mol. The molecule has 5 rings (SSSR count). The van der Waals surface area contributed by atoms with Gasteiger partial charge in [-0.05, 0) is 37.9 Å². The summed E-state index contributed by atoms with van der Waals surface area (Å²) in [5, 5.41) is 10.4. The number of benzene rings is 4. The minimum Gasteiger partial charge on any atom is -0.447 e. The zero-order chi connectivity index (χ0) is 14.7. The van der Waals surface area contributed by atoms with E-state index in [9.17, 15) is 4.79 Å². The van der Waals surface area contributed by atoms with Gasteiger partial charge in [-0.25, -0.2) is 4.79 Å². The van der Waals surface area contributed by atoms with Gasteiger partial charge in [0.1, 0.15) is 6.61 Å². The van der Waals surface area contributed by atoms with Gasteiger partial charge in [0, 0.05) is 0 Å². The minimum absolute atomic E-state index is 0.0722. The lowest BCUT2D eigenvalue weighted by Crippen LogP contribution is -2.18. The van der Waals surface area contributed by atoms with Crippen molar-refractivity contribution in [2.24, 2.45) is 0 Å². The van der Waals surface area contributed by atoms with E-state index in [-0.39, 0.29) is 12.1 Å². The second-order valence-electron chi connectivity index (χ2n) is 5.81. The van der Waals surface area contributed by atoms with Gasteiger partial charge >= 0.3 is 6.09 Å². The maximum Gasteiger partial charge on any atom is 0.407 e. The van der Waals surface area contributed by atoms with Crippen LogP contribution in [0, 0.1) is 0 Å². The second-order valence-corrected chi connectivity index (χ2v) is 5.81. The van der Waals surface area contributed by atoms with Crippen molar-refractivity contribution in [3.8, 4) is 0 Å². The van der Waals surface area contributed by atoms with Crippen molar-refractivity contribution < 1.29 is 9.53 Å². The molecule has 1 atom stereocenters. The number of alkyl carbamates (subject to hydrolysis) is 1. The summed E-state index contributed by atoms with van der Waals surface area (Å²) in [5.41, 5.74) is 1.12. The molecule has 0 unspecified atom stereocenters. The van der Waals surface area contributed by atoms with E-state index in [2.05, 4.69) is 59.9 Å². The number of hydrogen-bond acceptors (Lipinski definition) is 2. The Morgan fingerprint density at radius 3 is 2.27 bits per heavy atom. The van der Waals surface area contributed by atoms with Gasteiger partial charge in [0.05, 0.1) is 6.04 Å². The summed E-state index contributed by atoms with van der Waals surface area (Å²) in [6, 6.07) is 19.2. The van der Waals surface area contributed by atoms with E-state index in [0.29, 0.717) is 6.61 Å². The minimum atomic E-state index is -0.337. The molecule has 1 N–H and O–H groups in total.